The average Bonchev–Trinajstić information content (AvgIpc) is 3.47. The summed E-state index contributed by atoms with van der Waals surface area (Å²) >= 11 is 0. The normalized spacial score (nSPS) is 26.4. The maximum absolute atomic E-state index is 13.8. The van der Waals surface area contributed by atoms with Crippen molar-refractivity contribution in [3.8, 4) is 12.1 Å². The number of carbonyl (C=O) groups is 1. The number of benzene rings is 1. The number of fused-ring (bicyclic) bond motifs is 4. The average molecular weight is 572 g/mol. The summed E-state index contributed by atoms with van der Waals surface area (Å²) < 4.78 is 20.1. The van der Waals surface area contributed by atoms with Crippen LogP contribution < -0.4 is 14.5 Å². The van der Waals surface area contributed by atoms with Gasteiger partial charge in [0.15, 0.2) is 5.83 Å². The second kappa shape index (κ2) is 10.8. The zero-order valence-electron chi connectivity index (χ0n) is 24.3. The lowest BCUT2D eigenvalue weighted by Crippen LogP contribution is -2.55. The summed E-state index contributed by atoms with van der Waals surface area (Å²) in [6.07, 6.45) is 5.66. The minimum atomic E-state index is -0.997. The Labute approximate surface area is 246 Å². The third-order valence-corrected chi connectivity index (χ3v) is 9.99. The topological polar surface area (TPSA) is 88.8 Å². The molecule has 0 bridgehead atoms. The van der Waals surface area contributed by atoms with Gasteiger partial charge in [-0.1, -0.05) is 18.7 Å². The molecule has 4 atom stereocenters. The summed E-state index contributed by atoms with van der Waals surface area (Å²) in [5.41, 5.74) is 6.44. The molecule has 42 heavy (non-hydrogen) atoms. The molecule has 4 heterocycles. The van der Waals surface area contributed by atoms with Crippen molar-refractivity contribution in [1.29, 1.82) is 5.26 Å². The number of amides is 1. The van der Waals surface area contributed by atoms with Crippen molar-refractivity contribution in [1.82, 2.24) is 19.8 Å². The van der Waals surface area contributed by atoms with E-state index in [1.165, 1.54) is 34.6 Å². The van der Waals surface area contributed by atoms with Crippen molar-refractivity contribution in [2.75, 3.05) is 56.2 Å². The van der Waals surface area contributed by atoms with Gasteiger partial charge in [-0.25, -0.2) is 4.39 Å². The van der Waals surface area contributed by atoms with E-state index in [4.69, 9.17) is 14.7 Å². The Kier molecular flexibility index (Phi) is 7.01. The first kappa shape index (κ1) is 27.1. The number of likely N-dealkylation sites (tertiary alicyclic amines) is 1. The van der Waals surface area contributed by atoms with Gasteiger partial charge < -0.3 is 24.3 Å². The van der Waals surface area contributed by atoms with Gasteiger partial charge in [0.05, 0.1) is 30.8 Å². The van der Waals surface area contributed by atoms with Gasteiger partial charge in [0.25, 0.3) is 5.91 Å². The third-order valence-electron chi connectivity index (χ3n) is 9.99. The molecule has 9 nitrogen and oxygen atoms in total. The summed E-state index contributed by atoms with van der Waals surface area (Å²) in [6, 6.07) is 9.17. The van der Waals surface area contributed by atoms with Crippen LogP contribution in [0.15, 0.2) is 30.6 Å². The highest BCUT2D eigenvalue weighted by Crippen LogP contribution is 2.59. The van der Waals surface area contributed by atoms with Crippen LogP contribution in [0.3, 0.4) is 0 Å². The standard InChI is InChI=1S/C32H38FN7O2/c1-20(33)31(41)40-14-13-39(17-23(40)8-10-34)30-25-9-12-38(28-7-3-5-21-15-22-16-26(22)29(21)28)18-27(25)35-32(36-30)42-19-24-6-4-11-37(24)2/h3,5,7,22-24,26H,1,4,6,8-9,11-19H2,2H3/t22?,23-,24-,26?/m0/s1. The summed E-state index contributed by atoms with van der Waals surface area (Å²) in [7, 11) is 2.13. The molecule has 1 saturated carbocycles. The van der Waals surface area contributed by atoms with Gasteiger partial charge in [-0.3, -0.25) is 4.79 Å². The largest absolute Gasteiger partial charge is 0.462 e. The fraction of sp³-hybridized carbons (Fsp3) is 0.562. The first-order valence-electron chi connectivity index (χ1n) is 15.3. The maximum Gasteiger partial charge on any atom is 0.318 e. The van der Waals surface area contributed by atoms with Crippen LogP contribution in [-0.4, -0.2) is 84.1 Å². The minimum Gasteiger partial charge on any atom is -0.462 e. The van der Waals surface area contributed by atoms with E-state index in [1.807, 2.05) is 0 Å². The molecule has 1 aromatic carbocycles. The lowest BCUT2D eigenvalue weighted by Gasteiger charge is -2.42. The number of nitrogens with zero attached hydrogens (tertiary/aromatic N) is 7. The van der Waals surface area contributed by atoms with Gasteiger partial charge >= 0.3 is 6.01 Å². The SMILES string of the molecule is C=C(F)C(=O)N1CCN(c2nc(OC[C@@H]3CCCN3C)nc3c2CCN(c2cccc4c2C2CC2C4)C3)C[C@@H]1CC#N. The number of piperazine rings is 1. The van der Waals surface area contributed by atoms with Crippen molar-refractivity contribution < 1.29 is 13.9 Å². The number of rotatable bonds is 7. The number of anilines is 2. The zero-order chi connectivity index (χ0) is 29.0. The second-order valence-corrected chi connectivity index (χ2v) is 12.5. The van der Waals surface area contributed by atoms with Gasteiger partial charge in [0, 0.05) is 43.5 Å². The number of aromatic nitrogens is 2. The van der Waals surface area contributed by atoms with E-state index in [9.17, 15) is 14.4 Å². The predicted molar refractivity (Wildman–Crippen MR) is 157 cm³/mol. The first-order chi connectivity index (χ1) is 20.4. The van der Waals surface area contributed by atoms with Gasteiger partial charge in [-0.2, -0.15) is 15.2 Å². The Morgan fingerprint density at radius 1 is 1.19 bits per heavy atom. The van der Waals surface area contributed by atoms with Crippen LogP contribution in [0.1, 0.15) is 54.0 Å². The number of nitriles is 1. The number of carbonyl (C=O) groups excluding carboxylic acids is 1. The Morgan fingerprint density at radius 2 is 2.07 bits per heavy atom. The quantitative estimate of drug-likeness (QED) is 0.466. The molecular weight excluding hydrogens is 533 g/mol. The summed E-state index contributed by atoms with van der Waals surface area (Å²) in [4.78, 5) is 30.8. The van der Waals surface area contributed by atoms with Crippen molar-refractivity contribution in [2.45, 2.75) is 63.1 Å². The lowest BCUT2D eigenvalue weighted by molar-refractivity contribution is -0.131. The van der Waals surface area contributed by atoms with Gasteiger partial charge in [-0.05, 0) is 74.7 Å². The molecule has 3 fully saturated rings. The smallest absolute Gasteiger partial charge is 0.318 e. The molecule has 10 heteroatoms. The summed E-state index contributed by atoms with van der Waals surface area (Å²) in [5, 5.41) is 9.49. The van der Waals surface area contributed by atoms with E-state index in [0.29, 0.717) is 50.8 Å². The Balaban J connectivity index is 1.19. The van der Waals surface area contributed by atoms with Crippen molar-refractivity contribution in [3.05, 3.63) is 53.0 Å². The molecular formula is C32H38FN7O2. The first-order valence-corrected chi connectivity index (χ1v) is 15.3. The summed E-state index contributed by atoms with van der Waals surface area (Å²) in [5.74, 6) is 0.598. The number of halogens is 1. The van der Waals surface area contributed by atoms with Crippen LogP contribution in [0.4, 0.5) is 15.9 Å². The molecule has 7 rings (SSSR count). The molecule has 1 amide bonds. The molecule has 2 aliphatic carbocycles. The second-order valence-electron chi connectivity index (χ2n) is 12.5. The van der Waals surface area contributed by atoms with Gasteiger partial charge in [0.1, 0.15) is 12.4 Å². The number of hydrogen-bond acceptors (Lipinski definition) is 8. The number of likely N-dealkylation sites (N-methyl/N-ethyl adjacent to an activating group) is 1. The highest BCUT2D eigenvalue weighted by atomic mass is 19.1. The Hall–Kier alpha value is -3.71. The van der Waals surface area contributed by atoms with Crippen LogP contribution in [0, 0.1) is 17.2 Å². The van der Waals surface area contributed by atoms with Gasteiger partial charge in [0.2, 0.25) is 0 Å². The van der Waals surface area contributed by atoms with Crippen molar-refractivity contribution in [2.24, 2.45) is 5.92 Å². The molecule has 0 N–H and O–H groups in total. The molecule has 0 radical (unpaired) electrons. The molecule has 1 aromatic heterocycles. The molecule has 3 aliphatic heterocycles. The fourth-order valence-electron chi connectivity index (χ4n) is 7.62. The predicted octanol–water partition coefficient (Wildman–Crippen LogP) is 3.59. The molecule has 0 spiro atoms. The van der Waals surface area contributed by atoms with Gasteiger partial charge in [-0.15, -0.1) is 0 Å². The Bertz CT molecular complexity index is 1460. The van der Waals surface area contributed by atoms with Crippen LogP contribution in [0.25, 0.3) is 0 Å². The van der Waals surface area contributed by atoms with E-state index in [0.717, 1.165) is 55.3 Å². The highest BCUT2D eigenvalue weighted by molar-refractivity contribution is 5.91. The maximum atomic E-state index is 13.8. The van der Waals surface area contributed by atoms with E-state index in [2.05, 4.69) is 52.6 Å². The van der Waals surface area contributed by atoms with Crippen LogP contribution >= 0.6 is 0 Å². The fourth-order valence-corrected chi connectivity index (χ4v) is 7.62. The number of ether oxygens (including phenoxy) is 1. The van der Waals surface area contributed by atoms with Crippen LogP contribution in [0.5, 0.6) is 6.01 Å². The van der Waals surface area contributed by atoms with E-state index < -0.39 is 17.8 Å². The van der Waals surface area contributed by atoms with Crippen LogP contribution in [-0.2, 0) is 24.2 Å². The molecule has 220 valence electrons. The monoisotopic (exact) mass is 571 g/mol. The van der Waals surface area contributed by atoms with E-state index in [-0.39, 0.29) is 6.42 Å². The summed E-state index contributed by atoms with van der Waals surface area (Å²) in [6.45, 7) is 7.50. The van der Waals surface area contributed by atoms with Crippen molar-refractivity contribution in [3.63, 3.8) is 0 Å². The zero-order valence-corrected chi connectivity index (χ0v) is 24.3. The van der Waals surface area contributed by atoms with Crippen LogP contribution in [0.2, 0.25) is 0 Å². The molecule has 2 saturated heterocycles. The minimum absolute atomic E-state index is 0.106. The van der Waals surface area contributed by atoms with Crippen molar-refractivity contribution >= 4 is 17.4 Å². The van der Waals surface area contributed by atoms with E-state index in [1.54, 1.807) is 0 Å². The van der Waals surface area contributed by atoms with E-state index >= 15 is 0 Å². The lowest BCUT2D eigenvalue weighted by atomic mass is 9.99. The number of hydrogen-bond donors (Lipinski definition) is 0. The molecule has 5 aliphatic rings. The third kappa shape index (κ3) is 4.87. The molecule has 2 aromatic rings. The Morgan fingerprint density at radius 3 is 2.86 bits per heavy atom. The molecule has 2 unspecified atom stereocenters. The highest BCUT2D eigenvalue weighted by Gasteiger charge is 2.47.